The molecule has 2 unspecified atom stereocenters. The van der Waals surface area contributed by atoms with E-state index in [0.29, 0.717) is 12.1 Å². The first-order chi connectivity index (χ1) is 9.54. The Balaban J connectivity index is 1.79. The number of nitrogens with one attached hydrogen (secondary N) is 1. The molecule has 2 rings (SSSR count). The quantitative estimate of drug-likeness (QED) is 0.860. The van der Waals surface area contributed by atoms with Crippen molar-refractivity contribution in [1.29, 1.82) is 0 Å². The zero-order valence-corrected chi connectivity index (χ0v) is 12.9. The van der Waals surface area contributed by atoms with E-state index in [9.17, 15) is 4.39 Å². The van der Waals surface area contributed by atoms with Crippen LogP contribution in [0.2, 0.25) is 0 Å². The topological polar surface area (TPSA) is 15.3 Å². The van der Waals surface area contributed by atoms with Crippen molar-refractivity contribution in [3.05, 3.63) is 35.6 Å². The van der Waals surface area contributed by atoms with Gasteiger partial charge >= 0.3 is 0 Å². The van der Waals surface area contributed by atoms with Crippen LogP contribution in [0, 0.1) is 11.7 Å². The van der Waals surface area contributed by atoms with E-state index in [4.69, 9.17) is 0 Å². The molecular formula is C17H27FN2. The Kier molecular flexibility index (Phi) is 5.55. The molecule has 1 aromatic rings. The van der Waals surface area contributed by atoms with E-state index in [-0.39, 0.29) is 5.82 Å². The molecule has 1 fully saturated rings. The summed E-state index contributed by atoms with van der Waals surface area (Å²) >= 11 is 0. The molecule has 1 N–H and O–H groups in total. The van der Waals surface area contributed by atoms with Gasteiger partial charge in [-0.15, -0.1) is 0 Å². The van der Waals surface area contributed by atoms with Gasteiger partial charge in [-0.1, -0.05) is 26.0 Å². The van der Waals surface area contributed by atoms with E-state index < -0.39 is 0 Å². The molecule has 2 nitrogen and oxygen atoms in total. The Labute approximate surface area is 122 Å². The number of rotatable bonds is 6. The lowest BCUT2D eigenvalue weighted by Crippen LogP contribution is -2.35. The first kappa shape index (κ1) is 15.5. The third-order valence-corrected chi connectivity index (χ3v) is 4.20. The molecule has 0 radical (unpaired) electrons. The van der Waals surface area contributed by atoms with E-state index >= 15 is 0 Å². The van der Waals surface area contributed by atoms with Crippen LogP contribution in [0.5, 0.6) is 0 Å². The molecule has 1 aliphatic heterocycles. The molecule has 0 saturated carbocycles. The normalized spacial score (nSPS) is 21.6. The summed E-state index contributed by atoms with van der Waals surface area (Å²) in [4.78, 5) is 2.57. The van der Waals surface area contributed by atoms with Crippen LogP contribution in [0.4, 0.5) is 4.39 Å². The summed E-state index contributed by atoms with van der Waals surface area (Å²) in [6.07, 6.45) is 2.29. The van der Waals surface area contributed by atoms with Crippen LogP contribution in [0.3, 0.4) is 0 Å². The van der Waals surface area contributed by atoms with Gasteiger partial charge < -0.3 is 5.32 Å². The molecule has 0 aromatic heterocycles. The molecule has 20 heavy (non-hydrogen) atoms. The summed E-state index contributed by atoms with van der Waals surface area (Å²) in [5.74, 6) is 0.621. The molecule has 0 aliphatic carbocycles. The largest absolute Gasteiger partial charge is 0.314 e. The molecule has 1 aliphatic rings. The van der Waals surface area contributed by atoms with Crippen molar-refractivity contribution in [2.45, 2.75) is 45.7 Å². The number of hydrogen-bond acceptors (Lipinski definition) is 2. The van der Waals surface area contributed by atoms with Crippen LogP contribution in [-0.4, -0.2) is 36.6 Å². The molecule has 112 valence electrons. The second kappa shape index (κ2) is 7.19. The molecular weight excluding hydrogens is 251 g/mol. The van der Waals surface area contributed by atoms with Gasteiger partial charge in [0.25, 0.3) is 0 Å². The summed E-state index contributed by atoms with van der Waals surface area (Å²) in [5, 5.41) is 3.53. The second-order valence-electron chi connectivity index (χ2n) is 6.39. The lowest BCUT2D eigenvalue weighted by atomic mass is 10.1. The van der Waals surface area contributed by atoms with Crippen molar-refractivity contribution >= 4 is 0 Å². The maximum atomic E-state index is 12.9. The van der Waals surface area contributed by atoms with Crippen molar-refractivity contribution < 1.29 is 4.39 Å². The van der Waals surface area contributed by atoms with Crippen LogP contribution >= 0.6 is 0 Å². The Morgan fingerprint density at radius 2 is 1.95 bits per heavy atom. The highest BCUT2D eigenvalue weighted by atomic mass is 19.1. The SMILES string of the molecule is CC(C)NCC1CCN(C(C)Cc2ccc(F)cc2)C1. The Morgan fingerprint density at radius 1 is 1.25 bits per heavy atom. The van der Waals surface area contributed by atoms with E-state index in [1.165, 1.54) is 25.1 Å². The fraction of sp³-hybridized carbons (Fsp3) is 0.647. The molecule has 1 aromatic carbocycles. The van der Waals surface area contributed by atoms with E-state index in [0.717, 1.165) is 18.9 Å². The molecule has 1 saturated heterocycles. The Bertz CT molecular complexity index is 402. The maximum absolute atomic E-state index is 12.9. The summed E-state index contributed by atoms with van der Waals surface area (Å²) in [7, 11) is 0. The number of halogens is 1. The van der Waals surface area contributed by atoms with Crippen molar-refractivity contribution in [2.75, 3.05) is 19.6 Å². The van der Waals surface area contributed by atoms with Crippen LogP contribution in [-0.2, 0) is 6.42 Å². The summed E-state index contributed by atoms with van der Waals surface area (Å²) in [5.41, 5.74) is 1.22. The third-order valence-electron chi connectivity index (χ3n) is 4.20. The van der Waals surface area contributed by atoms with Crippen molar-refractivity contribution in [1.82, 2.24) is 10.2 Å². The van der Waals surface area contributed by atoms with Gasteiger partial charge in [0, 0.05) is 18.6 Å². The highest BCUT2D eigenvalue weighted by Gasteiger charge is 2.25. The zero-order chi connectivity index (χ0) is 14.5. The minimum Gasteiger partial charge on any atom is -0.314 e. The standard InChI is InChI=1S/C17H27FN2/c1-13(2)19-11-16-8-9-20(12-16)14(3)10-15-4-6-17(18)7-5-15/h4-7,13-14,16,19H,8-12H2,1-3H3. The predicted octanol–water partition coefficient (Wildman–Crippen LogP) is 3.08. The smallest absolute Gasteiger partial charge is 0.123 e. The average Bonchev–Trinajstić information content (AvgIpc) is 2.88. The van der Waals surface area contributed by atoms with E-state index in [1.54, 1.807) is 12.1 Å². The van der Waals surface area contributed by atoms with Crippen molar-refractivity contribution in [2.24, 2.45) is 5.92 Å². The highest BCUT2D eigenvalue weighted by molar-refractivity contribution is 5.17. The second-order valence-corrected chi connectivity index (χ2v) is 6.39. The fourth-order valence-electron chi connectivity index (χ4n) is 2.92. The predicted molar refractivity (Wildman–Crippen MR) is 82.4 cm³/mol. The van der Waals surface area contributed by atoms with Gasteiger partial charge in [0.1, 0.15) is 5.82 Å². The zero-order valence-electron chi connectivity index (χ0n) is 12.9. The van der Waals surface area contributed by atoms with Gasteiger partial charge in [0.2, 0.25) is 0 Å². The Morgan fingerprint density at radius 3 is 2.60 bits per heavy atom. The number of benzene rings is 1. The minimum absolute atomic E-state index is 0.151. The summed E-state index contributed by atoms with van der Waals surface area (Å²) in [6, 6.07) is 8.02. The van der Waals surface area contributed by atoms with Gasteiger partial charge in [0.05, 0.1) is 0 Å². The molecule has 0 spiro atoms. The van der Waals surface area contributed by atoms with Crippen LogP contribution in [0.1, 0.15) is 32.8 Å². The van der Waals surface area contributed by atoms with Crippen molar-refractivity contribution in [3.8, 4) is 0 Å². The minimum atomic E-state index is -0.151. The number of hydrogen-bond donors (Lipinski definition) is 1. The molecule has 3 heteroatoms. The van der Waals surface area contributed by atoms with E-state index in [1.807, 2.05) is 12.1 Å². The fourth-order valence-corrected chi connectivity index (χ4v) is 2.92. The highest BCUT2D eigenvalue weighted by Crippen LogP contribution is 2.20. The first-order valence-corrected chi connectivity index (χ1v) is 7.76. The van der Waals surface area contributed by atoms with Gasteiger partial charge in [-0.2, -0.15) is 0 Å². The van der Waals surface area contributed by atoms with Gasteiger partial charge in [0.15, 0.2) is 0 Å². The number of likely N-dealkylation sites (tertiary alicyclic amines) is 1. The van der Waals surface area contributed by atoms with Crippen LogP contribution in [0.15, 0.2) is 24.3 Å². The summed E-state index contributed by atoms with van der Waals surface area (Å²) in [6.45, 7) is 10.2. The van der Waals surface area contributed by atoms with E-state index in [2.05, 4.69) is 31.0 Å². The molecule has 0 bridgehead atoms. The average molecular weight is 278 g/mol. The lowest BCUT2D eigenvalue weighted by Gasteiger charge is -2.24. The van der Waals surface area contributed by atoms with Crippen LogP contribution in [0.25, 0.3) is 0 Å². The summed E-state index contributed by atoms with van der Waals surface area (Å²) < 4.78 is 12.9. The third kappa shape index (κ3) is 4.57. The monoisotopic (exact) mass is 278 g/mol. The maximum Gasteiger partial charge on any atom is 0.123 e. The molecule has 0 amide bonds. The molecule has 1 heterocycles. The van der Waals surface area contributed by atoms with Crippen molar-refractivity contribution in [3.63, 3.8) is 0 Å². The first-order valence-electron chi connectivity index (χ1n) is 7.76. The lowest BCUT2D eigenvalue weighted by molar-refractivity contribution is 0.246. The van der Waals surface area contributed by atoms with Gasteiger partial charge in [-0.05, 0) is 56.5 Å². The van der Waals surface area contributed by atoms with Gasteiger partial charge in [-0.25, -0.2) is 4.39 Å². The molecule has 2 atom stereocenters. The number of nitrogens with zero attached hydrogens (tertiary/aromatic N) is 1. The Hall–Kier alpha value is -0.930. The van der Waals surface area contributed by atoms with Gasteiger partial charge in [-0.3, -0.25) is 4.90 Å². The van der Waals surface area contributed by atoms with Crippen LogP contribution < -0.4 is 5.32 Å².